The zero-order chi connectivity index (χ0) is 15.0. The largest absolute Gasteiger partial charge is 0.324 e. The maximum Gasteiger partial charge on any atom is 0.0722 e. The van der Waals surface area contributed by atoms with Gasteiger partial charge in [0.15, 0.2) is 0 Å². The summed E-state index contributed by atoms with van der Waals surface area (Å²) in [6.07, 6.45) is 0.726. The molecule has 2 aromatic carbocycles. The topological polar surface area (TPSA) is 43.8 Å². The fraction of sp³-hybridized carbons (Fsp3) is 0.235. The molecule has 0 saturated carbocycles. The summed E-state index contributed by atoms with van der Waals surface area (Å²) in [6.45, 7) is 2.08. The van der Waals surface area contributed by atoms with Gasteiger partial charge >= 0.3 is 0 Å². The molecule has 4 heteroatoms. The molecule has 0 saturated heterocycles. The average Bonchev–Trinajstić information content (AvgIpc) is 2.79. The lowest BCUT2D eigenvalue weighted by Gasteiger charge is -2.14. The number of benzene rings is 2. The van der Waals surface area contributed by atoms with Crippen molar-refractivity contribution in [2.24, 2.45) is 12.8 Å². The van der Waals surface area contributed by atoms with Gasteiger partial charge < -0.3 is 5.73 Å². The van der Waals surface area contributed by atoms with Gasteiger partial charge in [0, 0.05) is 29.4 Å². The Bertz CT molecular complexity index is 792. The Morgan fingerprint density at radius 1 is 1.19 bits per heavy atom. The van der Waals surface area contributed by atoms with E-state index in [1.165, 1.54) is 10.9 Å². The third-order valence-corrected chi connectivity index (χ3v) is 4.95. The lowest BCUT2D eigenvalue weighted by atomic mass is 10.00. The minimum atomic E-state index is -0.0717. The van der Waals surface area contributed by atoms with E-state index in [2.05, 4.69) is 52.2 Å². The Kier molecular flexibility index (Phi) is 3.83. The number of aryl methyl sites for hydroxylation is 2. The number of hydrogen-bond donors (Lipinski definition) is 1. The van der Waals surface area contributed by atoms with Crippen LogP contribution in [0, 0.1) is 6.92 Å². The molecule has 0 bridgehead atoms. The van der Waals surface area contributed by atoms with E-state index in [1.807, 2.05) is 29.9 Å². The summed E-state index contributed by atoms with van der Waals surface area (Å²) in [4.78, 5) is 0. The summed E-state index contributed by atoms with van der Waals surface area (Å²) in [6, 6.07) is 14.4. The van der Waals surface area contributed by atoms with E-state index >= 15 is 0 Å². The van der Waals surface area contributed by atoms with Gasteiger partial charge in [0.1, 0.15) is 0 Å². The van der Waals surface area contributed by atoms with E-state index < -0.39 is 0 Å². The summed E-state index contributed by atoms with van der Waals surface area (Å²) in [5.41, 5.74) is 10.9. The van der Waals surface area contributed by atoms with Crippen LogP contribution in [0.2, 0.25) is 0 Å². The Hall–Kier alpha value is -1.65. The lowest BCUT2D eigenvalue weighted by Crippen LogP contribution is -2.15. The number of rotatable bonds is 3. The normalized spacial score (nSPS) is 12.8. The van der Waals surface area contributed by atoms with Crippen LogP contribution in [0.3, 0.4) is 0 Å². The van der Waals surface area contributed by atoms with Gasteiger partial charge in [0.2, 0.25) is 0 Å². The van der Waals surface area contributed by atoms with E-state index in [0.29, 0.717) is 0 Å². The Balaban J connectivity index is 1.97. The highest BCUT2D eigenvalue weighted by molar-refractivity contribution is 9.10. The minimum absolute atomic E-state index is 0.0717. The van der Waals surface area contributed by atoms with Crippen molar-refractivity contribution in [3.8, 4) is 0 Å². The maximum absolute atomic E-state index is 6.42. The molecule has 0 aliphatic heterocycles. The number of aromatic nitrogens is 2. The predicted octanol–water partition coefficient (Wildman–Crippen LogP) is 3.89. The van der Waals surface area contributed by atoms with Crippen LogP contribution in [-0.2, 0) is 13.5 Å². The average molecular weight is 344 g/mol. The molecular weight excluding hydrogens is 326 g/mol. The third kappa shape index (κ3) is 2.61. The van der Waals surface area contributed by atoms with Gasteiger partial charge in [-0.3, -0.25) is 4.68 Å². The first kappa shape index (κ1) is 14.3. The molecule has 2 N–H and O–H groups in total. The molecule has 3 aromatic rings. The number of halogens is 1. The van der Waals surface area contributed by atoms with Crippen LogP contribution in [0.4, 0.5) is 0 Å². The molecule has 0 fully saturated rings. The predicted molar refractivity (Wildman–Crippen MR) is 90.2 cm³/mol. The Labute approximate surface area is 132 Å². The van der Waals surface area contributed by atoms with Crippen molar-refractivity contribution in [1.82, 2.24) is 9.78 Å². The van der Waals surface area contributed by atoms with Crippen molar-refractivity contribution in [2.45, 2.75) is 19.4 Å². The third-order valence-electron chi connectivity index (χ3n) is 3.87. The number of fused-ring (bicyclic) bond motifs is 1. The maximum atomic E-state index is 6.42. The summed E-state index contributed by atoms with van der Waals surface area (Å²) in [5.74, 6) is 0. The zero-order valence-electron chi connectivity index (χ0n) is 12.2. The van der Waals surface area contributed by atoms with Gasteiger partial charge in [-0.1, -0.05) is 52.3 Å². The molecule has 1 aromatic heterocycles. The van der Waals surface area contributed by atoms with Crippen molar-refractivity contribution in [3.63, 3.8) is 0 Å². The first-order chi connectivity index (χ1) is 10.1. The molecule has 0 spiro atoms. The van der Waals surface area contributed by atoms with Gasteiger partial charge in [-0.25, -0.2) is 0 Å². The van der Waals surface area contributed by atoms with Crippen LogP contribution in [0.1, 0.15) is 22.9 Å². The van der Waals surface area contributed by atoms with Crippen LogP contribution in [0.25, 0.3) is 10.9 Å². The molecule has 1 atom stereocenters. The van der Waals surface area contributed by atoms with Crippen molar-refractivity contribution in [1.29, 1.82) is 0 Å². The van der Waals surface area contributed by atoms with E-state index in [4.69, 9.17) is 5.73 Å². The highest BCUT2D eigenvalue weighted by Gasteiger charge is 2.16. The van der Waals surface area contributed by atoms with Gasteiger partial charge in [-0.15, -0.1) is 0 Å². The molecule has 0 aliphatic carbocycles. The summed E-state index contributed by atoms with van der Waals surface area (Å²) in [5, 5.41) is 5.81. The first-order valence-corrected chi connectivity index (χ1v) is 7.78. The Morgan fingerprint density at radius 2 is 1.95 bits per heavy atom. The molecule has 3 nitrogen and oxygen atoms in total. The standard InChI is InChI=1S/C17H18BrN3/c1-11-6-5-8-12(17(11)18)14(19)10-15-13-7-3-4-9-16(13)21(2)20-15/h3-9,14H,10,19H2,1-2H3. The summed E-state index contributed by atoms with van der Waals surface area (Å²) >= 11 is 3.64. The van der Waals surface area contributed by atoms with Crippen molar-refractivity contribution in [2.75, 3.05) is 0 Å². The van der Waals surface area contributed by atoms with Gasteiger partial charge in [0.25, 0.3) is 0 Å². The summed E-state index contributed by atoms with van der Waals surface area (Å²) in [7, 11) is 1.97. The first-order valence-electron chi connectivity index (χ1n) is 6.99. The smallest absolute Gasteiger partial charge is 0.0722 e. The molecular formula is C17H18BrN3. The molecule has 0 aliphatic rings. The van der Waals surface area contributed by atoms with Crippen molar-refractivity contribution in [3.05, 3.63) is 63.8 Å². The second-order valence-electron chi connectivity index (χ2n) is 5.38. The fourth-order valence-electron chi connectivity index (χ4n) is 2.71. The second-order valence-corrected chi connectivity index (χ2v) is 6.17. The van der Waals surface area contributed by atoms with Gasteiger partial charge in [-0.05, 0) is 24.1 Å². The molecule has 21 heavy (non-hydrogen) atoms. The number of nitrogens with two attached hydrogens (primary N) is 1. The SMILES string of the molecule is Cc1cccc(C(N)Cc2nn(C)c3ccccc23)c1Br. The quantitative estimate of drug-likeness (QED) is 0.783. The summed E-state index contributed by atoms with van der Waals surface area (Å²) < 4.78 is 3.01. The van der Waals surface area contributed by atoms with Gasteiger partial charge in [0.05, 0.1) is 11.2 Å². The zero-order valence-corrected chi connectivity index (χ0v) is 13.8. The van der Waals surface area contributed by atoms with Crippen LogP contribution in [0.15, 0.2) is 46.9 Å². The second kappa shape index (κ2) is 5.62. The van der Waals surface area contributed by atoms with Crippen LogP contribution >= 0.6 is 15.9 Å². The van der Waals surface area contributed by atoms with E-state index in [0.717, 1.165) is 27.7 Å². The highest BCUT2D eigenvalue weighted by Crippen LogP contribution is 2.28. The number of hydrogen-bond acceptors (Lipinski definition) is 2. The van der Waals surface area contributed by atoms with Gasteiger partial charge in [-0.2, -0.15) is 5.10 Å². The van der Waals surface area contributed by atoms with Crippen molar-refractivity contribution < 1.29 is 0 Å². The van der Waals surface area contributed by atoms with E-state index in [1.54, 1.807) is 0 Å². The van der Waals surface area contributed by atoms with Crippen LogP contribution < -0.4 is 5.73 Å². The fourth-order valence-corrected chi connectivity index (χ4v) is 3.27. The number of nitrogens with zero attached hydrogens (tertiary/aromatic N) is 2. The minimum Gasteiger partial charge on any atom is -0.324 e. The lowest BCUT2D eigenvalue weighted by molar-refractivity contribution is 0.679. The van der Waals surface area contributed by atoms with Crippen LogP contribution in [0.5, 0.6) is 0 Å². The molecule has 0 amide bonds. The molecule has 3 rings (SSSR count). The molecule has 108 valence electrons. The van der Waals surface area contributed by atoms with Crippen LogP contribution in [-0.4, -0.2) is 9.78 Å². The van der Waals surface area contributed by atoms with E-state index in [9.17, 15) is 0 Å². The van der Waals surface area contributed by atoms with Crippen molar-refractivity contribution >= 4 is 26.8 Å². The number of para-hydroxylation sites is 1. The molecule has 1 unspecified atom stereocenters. The highest BCUT2D eigenvalue weighted by atomic mass is 79.9. The van der Waals surface area contributed by atoms with E-state index in [-0.39, 0.29) is 6.04 Å². The molecule has 0 radical (unpaired) electrons. The Morgan fingerprint density at radius 3 is 2.76 bits per heavy atom. The monoisotopic (exact) mass is 343 g/mol. The molecule has 1 heterocycles.